The highest BCUT2D eigenvalue weighted by molar-refractivity contribution is 5.80. The molecule has 0 aliphatic heterocycles. The summed E-state index contributed by atoms with van der Waals surface area (Å²) in [7, 11) is 0. The molecule has 106 valence electrons. The molecule has 19 heavy (non-hydrogen) atoms. The van der Waals surface area contributed by atoms with Gasteiger partial charge in [-0.25, -0.2) is 0 Å². The standard InChI is InChI=1S/C15H24N2O2/c1-5-17-13(14(16)18)10-19-12-8-6-11(7-9-12)15(2,3)4/h6-9,13,17H,5,10H2,1-4H3,(H2,16,18). The second-order valence-electron chi connectivity index (χ2n) is 5.60. The average molecular weight is 264 g/mol. The molecule has 0 heterocycles. The highest BCUT2D eigenvalue weighted by Gasteiger charge is 2.15. The van der Waals surface area contributed by atoms with Crippen molar-refractivity contribution in [3.8, 4) is 5.75 Å². The average Bonchev–Trinajstić information content (AvgIpc) is 2.33. The number of carbonyl (C=O) groups excluding carboxylic acids is 1. The van der Waals surface area contributed by atoms with Crippen molar-refractivity contribution in [2.45, 2.75) is 39.2 Å². The summed E-state index contributed by atoms with van der Waals surface area (Å²) in [6.45, 7) is 9.34. The quantitative estimate of drug-likeness (QED) is 0.824. The summed E-state index contributed by atoms with van der Waals surface area (Å²) in [5.41, 5.74) is 6.66. The van der Waals surface area contributed by atoms with Gasteiger partial charge in [-0.15, -0.1) is 0 Å². The normalized spacial score (nSPS) is 13.1. The van der Waals surface area contributed by atoms with Crippen molar-refractivity contribution in [3.05, 3.63) is 29.8 Å². The lowest BCUT2D eigenvalue weighted by molar-refractivity contribution is -0.120. The fourth-order valence-corrected chi connectivity index (χ4v) is 1.72. The first kappa shape index (κ1) is 15.5. The molecule has 3 N–H and O–H groups in total. The lowest BCUT2D eigenvalue weighted by atomic mass is 9.87. The van der Waals surface area contributed by atoms with Gasteiger partial charge in [0.15, 0.2) is 0 Å². The van der Waals surface area contributed by atoms with Gasteiger partial charge < -0.3 is 15.8 Å². The molecular formula is C15H24N2O2. The number of rotatable bonds is 6. The van der Waals surface area contributed by atoms with Crippen LogP contribution in [0.15, 0.2) is 24.3 Å². The van der Waals surface area contributed by atoms with Crippen LogP contribution in [0.3, 0.4) is 0 Å². The molecule has 1 rings (SSSR count). The molecule has 1 aromatic carbocycles. The van der Waals surface area contributed by atoms with E-state index < -0.39 is 11.9 Å². The molecule has 1 aromatic rings. The maximum atomic E-state index is 11.2. The Morgan fingerprint density at radius 1 is 1.32 bits per heavy atom. The van der Waals surface area contributed by atoms with Crippen LogP contribution in [0.4, 0.5) is 0 Å². The first-order valence-corrected chi connectivity index (χ1v) is 6.60. The zero-order chi connectivity index (χ0) is 14.5. The molecule has 0 aromatic heterocycles. The lowest BCUT2D eigenvalue weighted by Crippen LogP contribution is -2.45. The van der Waals surface area contributed by atoms with Crippen molar-refractivity contribution in [1.29, 1.82) is 0 Å². The summed E-state index contributed by atoms with van der Waals surface area (Å²) < 4.78 is 5.59. The molecule has 1 atom stereocenters. The van der Waals surface area contributed by atoms with Gasteiger partial charge in [0, 0.05) is 0 Å². The Bertz CT molecular complexity index is 407. The van der Waals surface area contributed by atoms with Crippen LogP contribution >= 0.6 is 0 Å². The lowest BCUT2D eigenvalue weighted by Gasteiger charge is -2.20. The molecule has 1 amide bonds. The van der Waals surface area contributed by atoms with E-state index in [1.807, 2.05) is 31.2 Å². The monoisotopic (exact) mass is 264 g/mol. The van der Waals surface area contributed by atoms with Gasteiger partial charge in [-0.1, -0.05) is 39.8 Å². The van der Waals surface area contributed by atoms with E-state index in [1.54, 1.807) is 0 Å². The maximum Gasteiger partial charge on any atom is 0.238 e. The zero-order valence-electron chi connectivity index (χ0n) is 12.2. The number of amides is 1. The van der Waals surface area contributed by atoms with E-state index in [0.29, 0.717) is 6.54 Å². The molecule has 0 saturated heterocycles. The van der Waals surface area contributed by atoms with E-state index in [1.165, 1.54) is 5.56 Å². The second-order valence-corrected chi connectivity index (χ2v) is 5.60. The fraction of sp³-hybridized carbons (Fsp3) is 0.533. The highest BCUT2D eigenvalue weighted by atomic mass is 16.5. The minimum atomic E-state index is -0.452. The number of primary amides is 1. The van der Waals surface area contributed by atoms with E-state index in [-0.39, 0.29) is 12.0 Å². The maximum absolute atomic E-state index is 11.2. The Hall–Kier alpha value is -1.55. The smallest absolute Gasteiger partial charge is 0.238 e. The third-order valence-electron chi connectivity index (χ3n) is 2.93. The number of benzene rings is 1. The van der Waals surface area contributed by atoms with Crippen LogP contribution in [-0.4, -0.2) is 25.1 Å². The molecule has 0 saturated carbocycles. The topological polar surface area (TPSA) is 64.3 Å². The first-order chi connectivity index (χ1) is 8.84. The molecule has 0 spiro atoms. The van der Waals surface area contributed by atoms with E-state index in [9.17, 15) is 4.79 Å². The van der Waals surface area contributed by atoms with E-state index in [0.717, 1.165) is 5.75 Å². The molecule has 0 aliphatic carbocycles. The Kier molecular flexibility index (Phi) is 5.36. The van der Waals surface area contributed by atoms with Crippen LogP contribution in [0.1, 0.15) is 33.3 Å². The number of likely N-dealkylation sites (N-methyl/N-ethyl adjacent to an activating group) is 1. The van der Waals surface area contributed by atoms with Crippen molar-refractivity contribution in [3.63, 3.8) is 0 Å². The number of nitrogens with one attached hydrogen (secondary N) is 1. The molecule has 0 fully saturated rings. The zero-order valence-corrected chi connectivity index (χ0v) is 12.2. The van der Waals surface area contributed by atoms with Crippen LogP contribution in [0, 0.1) is 0 Å². The predicted octanol–water partition coefficient (Wildman–Crippen LogP) is 1.83. The second kappa shape index (κ2) is 6.57. The minimum Gasteiger partial charge on any atom is -0.491 e. The van der Waals surface area contributed by atoms with Crippen LogP contribution in [0.2, 0.25) is 0 Å². The van der Waals surface area contributed by atoms with E-state index >= 15 is 0 Å². The van der Waals surface area contributed by atoms with Gasteiger partial charge in [0.05, 0.1) is 0 Å². The van der Waals surface area contributed by atoms with Gasteiger partial charge in [0.2, 0.25) is 5.91 Å². The van der Waals surface area contributed by atoms with Gasteiger partial charge in [-0.3, -0.25) is 4.79 Å². The first-order valence-electron chi connectivity index (χ1n) is 6.60. The van der Waals surface area contributed by atoms with Crippen molar-refractivity contribution < 1.29 is 9.53 Å². The van der Waals surface area contributed by atoms with Crippen LogP contribution in [0.5, 0.6) is 5.75 Å². The number of nitrogens with two attached hydrogens (primary N) is 1. The molecule has 4 nitrogen and oxygen atoms in total. The van der Waals surface area contributed by atoms with Crippen molar-refractivity contribution in [2.24, 2.45) is 5.73 Å². The van der Waals surface area contributed by atoms with Crippen LogP contribution in [-0.2, 0) is 10.2 Å². The molecule has 4 heteroatoms. The SMILES string of the molecule is CCNC(COc1ccc(C(C)(C)C)cc1)C(N)=O. The van der Waals surface area contributed by atoms with Gasteiger partial charge in [0.25, 0.3) is 0 Å². The van der Waals surface area contributed by atoms with E-state index in [2.05, 4.69) is 26.1 Å². The van der Waals surface area contributed by atoms with Gasteiger partial charge >= 0.3 is 0 Å². The molecule has 0 radical (unpaired) electrons. The Morgan fingerprint density at radius 2 is 1.89 bits per heavy atom. The minimum absolute atomic E-state index is 0.123. The molecule has 0 aliphatic rings. The Morgan fingerprint density at radius 3 is 2.32 bits per heavy atom. The molecular weight excluding hydrogens is 240 g/mol. The summed E-state index contributed by atoms with van der Waals surface area (Å²) in [6, 6.07) is 7.48. The largest absolute Gasteiger partial charge is 0.491 e. The third kappa shape index (κ3) is 4.91. The Balaban J connectivity index is 2.61. The summed E-state index contributed by atoms with van der Waals surface area (Å²) in [6.07, 6.45) is 0. The van der Waals surface area contributed by atoms with Crippen LogP contribution in [0.25, 0.3) is 0 Å². The summed E-state index contributed by atoms with van der Waals surface area (Å²) in [4.78, 5) is 11.2. The number of ether oxygens (including phenoxy) is 1. The summed E-state index contributed by atoms with van der Waals surface area (Å²) >= 11 is 0. The van der Waals surface area contributed by atoms with Crippen molar-refractivity contribution in [2.75, 3.05) is 13.2 Å². The number of hydrogen-bond acceptors (Lipinski definition) is 3. The highest BCUT2D eigenvalue weighted by Crippen LogP contribution is 2.24. The fourth-order valence-electron chi connectivity index (χ4n) is 1.72. The van der Waals surface area contributed by atoms with Gasteiger partial charge in [-0.05, 0) is 29.7 Å². The van der Waals surface area contributed by atoms with Crippen LogP contribution < -0.4 is 15.8 Å². The number of hydrogen-bond donors (Lipinski definition) is 2. The van der Waals surface area contributed by atoms with Crippen molar-refractivity contribution >= 4 is 5.91 Å². The predicted molar refractivity (Wildman–Crippen MR) is 77.3 cm³/mol. The third-order valence-corrected chi connectivity index (χ3v) is 2.93. The van der Waals surface area contributed by atoms with Gasteiger partial charge in [-0.2, -0.15) is 0 Å². The molecule has 0 bridgehead atoms. The van der Waals surface area contributed by atoms with E-state index in [4.69, 9.17) is 10.5 Å². The van der Waals surface area contributed by atoms with Crippen molar-refractivity contribution in [1.82, 2.24) is 5.32 Å². The Labute approximate surface area is 115 Å². The summed E-state index contributed by atoms with van der Waals surface area (Å²) in [5, 5.41) is 2.99. The van der Waals surface area contributed by atoms with Gasteiger partial charge in [0.1, 0.15) is 18.4 Å². The summed E-state index contributed by atoms with van der Waals surface area (Å²) in [5.74, 6) is 0.352. The molecule has 1 unspecified atom stereocenters. The number of carbonyl (C=O) groups is 1.